The summed E-state index contributed by atoms with van der Waals surface area (Å²) in [6.07, 6.45) is 3.31. The third kappa shape index (κ3) is 4.54. The Balaban J connectivity index is 1.40. The summed E-state index contributed by atoms with van der Waals surface area (Å²) in [5, 5.41) is 2.66. The number of benzene rings is 2. The number of nitrogens with one attached hydrogen (secondary N) is 1. The molecule has 1 N–H and O–H groups in total. The molecule has 0 bridgehead atoms. The van der Waals surface area contributed by atoms with Gasteiger partial charge in [0.05, 0.1) is 16.6 Å². The van der Waals surface area contributed by atoms with Crippen molar-refractivity contribution in [2.45, 2.75) is 29.7 Å². The summed E-state index contributed by atoms with van der Waals surface area (Å²) in [4.78, 5) is 59.7. The Bertz CT molecular complexity index is 1670. The summed E-state index contributed by atoms with van der Waals surface area (Å²) in [7, 11) is 0. The number of carbonyl (C=O) groups excluding carboxylic acids is 3. The maximum atomic E-state index is 13.8. The number of imide groups is 1. The number of thioether (sulfide) groups is 1. The molecule has 8 nitrogen and oxygen atoms in total. The molecule has 1 fully saturated rings. The summed E-state index contributed by atoms with van der Waals surface area (Å²) in [5.41, 5.74) is 2.81. The minimum absolute atomic E-state index is 0.207. The fourth-order valence-electron chi connectivity index (χ4n) is 5.07. The molecule has 1 saturated heterocycles. The second kappa shape index (κ2) is 10.2. The van der Waals surface area contributed by atoms with Crippen molar-refractivity contribution in [1.29, 1.82) is 0 Å². The highest BCUT2D eigenvalue weighted by Gasteiger charge is 2.56. The molecule has 4 heterocycles. The Kier molecular flexibility index (Phi) is 6.74. The third-order valence-electron chi connectivity index (χ3n) is 6.90. The van der Waals surface area contributed by atoms with Crippen molar-refractivity contribution in [1.82, 2.24) is 9.55 Å². The van der Waals surface area contributed by atoms with Gasteiger partial charge in [-0.15, -0.1) is 0 Å². The molecule has 39 heavy (non-hydrogen) atoms. The zero-order chi connectivity index (χ0) is 27.3. The molecule has 2 aromatic heterocycles. The van der Waals surface area contributed by atoms with E-state index in [2.05, 4.69) is 26.2 Å². The average Bonchev–Trinajstić information content (AvgIpc) is 3.37. The quantitative estimate of drug-likeness (QED) is 0.321. The molecule has 0 radical (unpaired) electrons. The van der Waals surface area contributed by atoms with Gasteiger partial charge < -0.3 is 5.32 Å². The first-order chi connectivity index (χ1) is 18.8. The molecule has 0 spiro atoms. The van der Waals surface area contributed by atoms with Gasteiger partial charge in [0, 0.05) is 33.3 Å². The number of anilines is 2. The number of carbonyl (C=O) groups is 3. The molecule has 11 heteroatoms. The second-order valence-electron chi connectivity index (χ2n) is 9.30. The number of amides is 3. The van der Waals surface area contributed by atoms with Crippen LogP contribution in [-0.4, -0.2) is 32.5 Å². The van der Waals surface area contributed by atoms with Gasteiger partial charge in [-0.25, -0.2) is 4.90 Å². The lowest BCUT2D eigenvalue weighted by Crippen LogP contribution is -2.33. The number of para-hydroxylation sites is 1. The molecule has 3 amide bonds. The monoisotopic (exact) mass is 620 g/mol. The summed E-state index contributed by atoms with van der Waals surface area (Å²) in [5.74, 6) is -2.27. The highest BCUT2D eigenvalue weighted by atomic mass is 79.9. The number of aromatic nitrogens is 2. The fourth-order valence-corrected chi connectivity index (χ4v) is 8.10. The lowest BCUT2D eigenvalue weighted by Gasteiger charge is -2.30. The van der Waals surface area contributed by atoms with Crippen molar-refractivity contribution in [3.63, 3.8) is 0 Å². The highest BCUT2D eigenvalue weighted by Crippen LogP contribution is 2.53. The number of thiazole rings is 1. The van der Waals surface area contributed by atoms with Gasteiger partial charge in [-0.2, -0.15) is 0 Å². The van der Waals surface area contributed by atoms with Gasteiger partial charge in [0.15, 0.2) is 0 Å². The highest BCUT2D eigenvalue weighted by molar-refractivity contribution is 9.10. The van der Waals surface area contributed by atoms with E-state index in [0.717, 1.165) is 26.9 Å². The van der Waals surface area contributed by atoms with Crippen LogP contribution in [0.4, 0.5) is 11.4 Å². The molecule has 196 valence electrons. The predicted octanol–water partition coefficient (Wildman–Crippen LogP) is 4.81. The minimum Gasteiger partial charge on any atom is -0.324 e. The van der Waals surface area contributed by atoms with Gasteiger partial charge in [0.2, 0.25) is 17.7 Å². The number of hydrogen-bond acceptors (Lipinski definition) is 7. The molecule has 2 aliphatic rings. The van der Waals surface area contributed by atoms with E-state index in [4.69, 9.17) is 0 Å². The Morgan fingerprint density at radius 1 is 1.03 bits per heavy atom. The zero-order valence-electron chi connectivity index (χ0n) is 20.5. The van der Waals surface area contributed by atoms with Crippen LogP contribution in [0.5, 0.6) is 0 Å². The van der Waals surface area contributed by atoms with Gasteiger partial charge in [-0.1, -0.05) is 63.3 Å². The van der Waals surface area contributed by atoms with E-state index in [1.165, 1.54) is 21.2 Å². The van der Waals surface area contributed by atoms with Gasteiger partial charge in [-0.05, 0) is 54.4 Å². The fraction of sp³-hybridized carbons (Fsp3) is 0.179. The molecule has 2 aliphatic heterocycles. The Hall–Kier alpha value is -3.54. The first-order valence-corrected chi connectivity index (χ1v) is 14.6. The SMILES string of the molecule is Cc1ccccc1NC(=O)Cn1c2c(sc1=O)[C@H](c1cccnc1)C1C(=O)N(c3ccc(Br)cc3)C(=O)C1S2. The second-order valence-corrected chi connectivity index (χ2v) is 12.3. The number of pyridine rings is 1. The first kappa shape index (κ1) is 25.7. The normalized spacial score (nSPS) is 20.1. The molecular formula is C28H21BrN4O4S2. The van der Waals surface area contributed by atoms with Crippen molar-refractivity contribution >= 4 is 68.1 Å². The van der Waals surface area contributed by atoms with E-state index in [9.17, 15) is 19.2 Å². The maximum absolute atomic E-state index is 13.8. The van der Waals surface area contributed by atoms with Crippen molar-refractivity contribution < 1.29 is 14.4 Å². The van der Waals surface area contributed by atoms with E-state index in [0.29, 0.717) is 21.3 Å². The van der Waals surface area contributed by atoms with Crippen LogP contribution in [-0.2, 0) is 20.9 Å². The van der Waals surface area contributed by atoms with Crippen molar-refractivity contribution in [3.8, 4) is 0 Å². The summed E-state index contributed by atoms with van der Waals surface area (Å²) < 4.78 is 2.25. The van der Waals surface area contributed by atoms with Gasteiger partial charge in [-0.3, -0.25) is 28.7 Å². The minimum atomic E-state index is -0.751. The van der Waals surface area contributed by atoms with E-state index >= 15 is 0 Å². The molecule has 4 aromatic rings. The third-order valence-corrected chi connectivity index (χ3v) is 10.0. The molecule has 0 saturated carbocycles. The van der Waals surface area contributed by atoms with E-state index in [1.54, 1.807) is 48.8 Å². The maximum Gasteiger partial charge on any atom is 0.308 e. The standard InChI is InChI=1S/C28H21BrN4O4S2/c1-15-5-2-3-7-19(15)31-20(34)14-32-27-24(39-28(32)37)21(16-6-4-12-30-13-16)22-23(38-27)26(36)33(25(22)35)18-10-8-17(29)9-11-18/h2-13,21-23H,14H2,1H3,(H,31,34)/t21-,22?,23?/m1/s1. The van der Waals surface area contributed by atoms with Crippen LogP contribution < -0.4 is 15.1 Å². The molecule has 3 atom stereocenters. The van der Waals surface area contributed by atoms with Crippen LogP contribution in [0.3, 0.4) is 0 Å². The topological polar surface area (TPSA) is 101 Å². The van der Waals surface area contributed by atoms with Crippen LogP contribution in [0, 0.1) is 12.8 Å². The summed E-state index contributed by atoms with van der Waals surface area (Å²) in [6, 6.07) is 18.0. The van der Waals surface area contributed by atoms with Crippen molar-refractivity contribution in [3.05, 3.63) is 103 Å². The Morgan fingerprint density at radius 2 is 1.79 bits per heavy atom. The lowest BCUT2D eigenvalue weighted by molar-refractivity contribution is -0.122. The van der Waals surface area contributed by atoms with E-state index < -0.39 is 17.1 Å². The zero-order valence-corrected chi connectivity index (χ0v) is 23.8. The number of halogens is 1. The lowest BCUT2D eigenvalue weighted by atomic mass is 9.84. The molecule has 6 rings (SSSR count). The van der Waals surface area contributed by atoms with Crippen LogP contribution in [0.15, 0.2) is 87.4 Å². The van der Waals surface area contributed by atoms with E-state index in [-0.39, 0.29) is 29.1 Å². The van der Waals surface area contributed by atoms with Crippen molar-refractivity contribution in [2.24, 2.45) is 5.92 Å². The Labute approximate surface area is 240 Å². The molecule has 2 unspecified atom stereocenters. The molecule has 2 aromatic carbocycles. The predicted molar refractivity (Wildman–Crippen MR) is 154 cm³/mol. The van der Waals surface area contributed by atoms with Crippen LogP contribution in [0.1, 0.15) is 21.9 Å². The smallest absolute Gasteiger partial charge is 0.308 e. The van der Waals surface area contributed by atoms with Gasteiger partial charge in [0.1, 0.15) is 11.8 Å². The number of nitrogens with zero attached hydrogens (tertiary/aromatic N) is 3. The van der Waals surface area contributed by atoms with Gasteiger partial charge in [0.25, 0.3) is 0 Å². The molecule has 0 aliphatic carbocycles. The summed E-state index contributed by atoms with van der Waals surface area (Å²) >= 11 is 5.60. The van der Waals surface area contributed by atoms with Crippen LogP contribution in [0.2, 0.25) is 0 Å². The van der Waals surface area contributed by atoms with Gasteiger partial charge >= 0.3 is 4.87 Å². The number of aryl methyl sites for hydroxylation is 1. The number of rotatable bonds is 5. The van der Waals surface area contributed by atoms with E-state index in [1.807, 2.05) is 31.2 Å². The first-order valence-electron chi connectivity index (χ1n) is 12.1. The average molecular weight is 622 g/mol. The number of hydrogen-bond donors (Lipinski definition) is 1. The Morgan fingerprint density at radius 3 is 2.51 bits per heavy atom. The largest absolute Gasteiger partial charge is 0.324 e. The van der Waals surface area contributed by atoms with Crippen LogP contribution in [0.25, 0.3) is 0 Å². The van der Waals surface area contributed by atoms with Crippen molar-refractivity contribution in [2.75, 3.05) is 10.2 Å². The summed E-state index contributed by atoms with van der Waals surface area (Å²) in [6.45, 7) is 1.68. The molecular weight excluding hydrogens is 600 g/mol. The number of fused-ring (bicyclic) bond motifs is 2. The van der Waals surface area contributed by atoms with Crippen LogP contribution >= 0.6 is 39.0 Å².